The van der Waals surface area contributed by atoms with Crippen LogP contribution in [0.1, 0.15) is 44.6 Å². The second kappa shape index (κ2) is 7.27. The third kappa shape index (κ3) is 3.64. The van der Waals surface area contributed by atoms with Gasteiger partial charge in [0.05, 0.1) is 20.3 Å². The molecule has 102 valence electrons. The zero-order valence-electron chi connectivity index (χ0n) is 11.8. The molecule has 0 heterocycles. The van der Waals surface area contributed by atoms with Crippen molar-refractivity contribution in [3.8, 4) is 11.5 Å². The Morgan fingerprint density at radius 1 is 1.06 bits per heavy atom. The van der Waals surface area contributed by atoms with Crippen molar-refractivity contribution >= 4 is 0 Å². The molecule has 0 aliphatic heterocycles. The lowest BCUT2D eigenvalue weighted by Crippen LogP contribution is -2.17. The molecular weight excluding hydrogens is 228 g/mol. The Hall–Kier alpha value is -1.22. The number of hydrogen-bond acceptors (Lipinski definition) is 3. The molecule has 0 radical (unpaired) electrons. The first-order valence-electron chi connectivity index (χ1n) is 6.57. The molecule has 1 aromatic carbocycles. The summed E-state index contributed by atoms with van der Waals surface area (Å²) in [5, 5.41) is 10.2. The summed E-state index contributed by atoms with van der Waals surface area (Å²) in [7, 11) is 3.28. The monoisotopic (exact) mass is 252 g/mol. The Kier molecular flexibility index (Phi) is 5.99. The Morgan fingerprint density at radius 2 is 1.61 bits per heavy atom. The van der Waals surface area contributed by atoms with Crippen LogP contribution >= 0.6 is 0 Å². The summed E-state index contributed by atoms with van der Waals surface area (Å²) in [6.07, 6.45) is 2.39. The van der Waals surface area contributed by atoms with Crippen molar-refractivity contribution in [1.29, 1.82) is 0 Å². The van der Waals surface area contributed by atoms with Crippen molar-refractivity contribution in [2.45, 2.75) is 45.1 Å². The number of aliphatic hydroxyl groups excluding tert-OH is 1. The summed E-state index contributed by atoms with van der Waals surface area (Å²) in [4.78, 5) is 0. The van der Waals surface area contributed by atoms with Crippen molar-refractivity contribution in [2.24, 2.45) is 0 Å². The second-order valence-electron chi connectivity index (χ2n) is 4.52. The highest BCUT2D eigenvalue weighted by molar-refractivity contribution is 5.40. The highest BCUT2D eigenvalue weighted by Crippen LogP contribution is 2.32. The van der Waals surface area contributed by atoms with Gasteiger partial charge in [-0.05, 0) is 30.5 Å². The van der Waals surface area contributed by atoms with Crippen LogP contribution in [0.3, 0.4) is 0 Å². The molecule has 0 aromatic heterocycles. The molecule has 2 atom stereocenters. The van der Waals surface area contributed by atoms with E-state index in [1.54, 1.807) is 14.2 Å². The van der Waals surface area contributed by atoms with Crippen LogP contribution in [-0.4, -0.2) is 25.4 Å². The van der Waals surface area contributed by atoms with Gasteiger partial charge in [0.1, 0.15) is 11.5 Å². The fourth-order valence-corrected chi connectivity index (χ4v) is 2.27. The first kappa shape index (κ1) is 14.8. The molecule has 3 nitrogen and oxygen atoms in total. The van der Waals surface area contributed by atoms with Gasteiger partial charge in [0.15, 0.2) is 0 Å². The summed E-state index contributed by atoms with van der Waals surface area (Å²) in [5.74, 6) is 1.67. The molecule has 0 saturated carbocycles. The summed E-state index contributed by atoms with van der Waals surface area (Å²) >= 11 is 0. The lowest BCUT2D eigenvalue weighted by molar-refractivity contribution is 0.130. The summed E-state index contributed by atoms with van der Waals surface area (Å²) in [6.45, 7) is 4.18. The topological polar surface area (TPSA) is 38.7 Å². The third-order valence-electron chi connectivity index (χ3n) is 3.29. The molecule has 0 fully saturated rings. The van der Waals surface area contributed by atoms with Gasteiger partial charge in [-0.2, -0.15) is 0 Å². The van der Waals surface area contributed by atoms with E-state index in [2.05, 4.69) is 13.8 Å². The minimum Gasteiger partial charge on any atom is -0.497 e. The van der Waals surface area contributed by atoms with E-state index in [9.17, 15) is 5.11 Å². The molecule has 0 bridgehead atoms. The molecule has 0 spiro atoms. The van der Waals surface area contributed by atoms with Crippen LogP contribution in [0.2, 0.25) is 0 Å². The predicted molar refractivity (Wildman–Crippen MR) is 73.5 cm³/mol. The standard InChI is InChI=1S/C15H24O3/c1-5-7-15(16)14(6-2)11-8-12(17-3)10-13(9-11)18-4/h8-10,14-16H,5-7H2,1-4H3. The van der Waals surface area contributed by atoms with Gasteiger partial charge in [-0.25, -0.2) is 0 Å². The number of benzene rings is 1. The van der Waals surface area contributed by atoms with E-state index < -0.39 is 0 Å². The van der Waals surface area contributed by atoms with Gasteiger partial charge in [0, 0.05) is 12.0 Å². The summed E-state index contributed by atoms with van der Waals surface area (Å²) < 4.78 is 10.5. The van der Waals surface area contributed by atoms with E-state index in [4.69, 9.17) is 9.47 Å². The fraction of sp³-hybridized carbons (Fsp3) is 0.600. The Labute approximate surface area is 110 Å². The molecule has 3 heteroatoms. The lowest BCUT2D eigenvalue weighted by Gasteiger charge is -2.22. The maximum atomic E-state index is 10.2. The van der Waals surface area contributed by atoms with Gasteiger partial charge < -0.3 is 14.6 Å². The van der Waals surface area contributed by atoms with E-state index in [0.29, 0.717) is 0 Å². The first-order chi connectivity index (χ1) is 8.65. The van der Waals surface area contributed by atoms with Gasteiger partial charge in [-0.3, -0.25) is 0 Å². The summed E-state index contributed by atoms with van der Waals surface area (Å²) in [6, 6.07) is 5.81. The van der Waals surface area contributed by atoms with Crippen molar-refractivity contribution in [2.75, 3.05) is 14.2 Å². The quantitative estimate of drug-likeness (QED) is 0.808. The molecule has 0 aliphatic rings. The van der Waals surface area contributed by atoms with Gasteiger partial charge in [0.2, 0.25) is 0 Å². The van der Waals surface area contributed by atoms with Crippen molar-refractivity contribution in [3.63, 3.8) is 0 Å². The smallest absolute Gasteiger partial charge is 0.122 e. The lowest BCUT2D eigenvalue weighted by atomic mass is 9.88. The van der Waals surface area contributed by atoms with E-state index in [1.165, 1.54) is 0 Å². The molecule has 0 amide bonds. The van der Waals surface area contributed by atoms with Crippen LogP contribution in [-0.2, 0) is 0 Å². The highest BCUT2D eigenvalue weighted by atomic mass is 16.5. The Morgan fingerprint density at radius 3 is 2.00 bits per heavy atom. The van der Waals surface area contributed by atoms with Crippen molar-refractivity contribution in [3.05, 3.63) is 23.8 Å². The number of ether oxygens (including phenoxy) is 2. The van der Waals surface area contributed by atoms with Crippen molar-refractivity contribution in [1.82, 2.24) is 0 Å². The predicted octanol–water partition coefficient (Wildman–Crippen LogP) is 3.36. The third-order valence-corrected chi connectivity index (χ3v) is 3.29. The van der Waals surface area contributed by atoms with Gasteiger partial charge in [-0.1, -0.05) is 20.3 Å². The molecule has 0 saturated heterocycles. The molecule has 1 N–H and O–H groups in total. The maximum absolute atomic E-state index is 10.2. The van der Waals surface area contributed by atoms with E-state index >= 15 is 0 Å². The first-order valence-corrected chi connectivity index (χ1v) is 6.57. The van der Waals surface area contributed by atoms with Gasteiger partial charge in [0.25, 0.3) is 0 Å². The molecule has 1 aromatic rings. The minimum absolute atomic E-state index is 0.133. The SMILES string of the molecule is CCCC(O)C(CC)c1cc(OC)cc(OC)c1. The molecule has 0 aliphatic carbocycles. The minimum atomic E-state index is -0.309. The van der Waals surface area contributed by atoms with E-state index in [1.807, 2.05) is 18.2 Å². The summed E-state index contributed by atoms with van der Waals surface area (Å²) in [5.41, 5.74) is 1.08. The number of methoxy groups -OCH3 is 2. The average molecular weight is 252 g/mol. The molecular formula is C15H24O3. The Bertz CT molecular complexity index is 341. The fourth-order valence-electron chi connectivity index (χ4n) is 2.27. The molecule has 1 rings (SSSR count). The zero-order chi connectivity index (χ0) is 13.5. The molecule has 18 heavy (non-hydrogen) atoms. The van der Waals surface area contributed by atoms with E-state index in [-0.39, 0.29) is 12.0 Å². The largest absolute Gasteiger partial charge is 0.497 e. The van der Waals surface area contributed by atoms with Crippen LogP contribution in [0.4, 0.5) is 0 Å². The number of hydrogen-bond donors (Lipinski definition) is 1. The van der Waals surface area contributed by atoms with Crippen LogP contribution in [0, 0.1) is 0 Å². The van der Waals surface area contributed by atoms with Crippen LogP contribution in [0.15, 0.2) is 18.2 Å². The van der Waals surface area contributed by atoms with E-state index in [0.717, 1.165) is 36.3 Å². The normalized spacial score (nSPS) is 14.1. The highest BCUT2D eigenvalue weighted by Gasteiger charge is 2.20. The Balaban J connectivity index is 3.03. The van der Waals surface area contributed by atoms with Crippen LogP contribution in [0.25, 0.3) is 0 Å². The average Bonchev–Trinajstić information content (AvgIpc) is 2.39. The molecule has 2 unspecified atom stereocenters. The number of aliphatic hydroxyl groups is 1. The van der Waals surface area contributed by atoms with Crippen LogP contribution in [0.5, 0.6) is 11.5 Å². The van der Waals surface area contributed by atoms with Gasteiger partial charge in [-0.15, -0.1) is 0 Å². The van der Waals surface area contributed by atoms with Crippen molar-refractivity contribution < 1.29 is 14.6 Å². The van der Waals surface area contributed by atoms with Crippen LogP contribution < -0.4 is 9.47 Å². The zero-order valence-corrected chi connectivity index (χ0v) is 11.8. The maximum Gasteiger partial charge on any atom is 0.122 e. The van der Waals surface area contributed by atoms with Gasteiger partial charge >= 0.3 is 0 Å². The number of rotatable bonds is 7. The second-order valence-corrected chi connectivity index (χ2v) is 4.52.